The summed E-state index contributed by atoms with van der Waals surface area (Å²) in [6, 6.07) is 3.44. The number of Topliss-reactive ketones (excluding diaryl/α,β-unsaturated/α-hetero) is 1. The molecule has 9 atom stereocenters. The van der Waals surface area contributed by atoms with Gasteiger partial charge in [-0.15, -0.1) is 0 Å². The van der Waals surface area contributed by atoms with Crippen LogP contribution in [0.5, 0.6) is 17.2 Å². The van der Waals surface area contributed by atoms with E-state index >= 15 is 0 Å². The van der Waals surface area contributed by atoms with Gasteiger partial charge < -0.3 is 49.8 Å². The quantitative estimate of drug-likeness (QED) is 0.146. The molecule has 278 valence electrons. The fourth-order valence-corrected chi connectivity index (χ4v) is 8.66. The number of allylic oxidation sites excluding steroid dienone is 2. The Morgan fingerprint density at radius 1 is 1.02 bits per heavy atom. The zero-order chi connectivity index (χ0) is 37.1. The van der Waals surface area contributed by atoms with E-state index in [1.165, 1.54) is 25.3 Å². The molecule has 52 heavy (non-hydrogen) atoms. The van der Waals surface area contributed by atoms with Crippen molar-refractivity contribution >= 4 is 23.4 Å². The predicted octanol–water partition coefficient (Wildman–Crippen LogP) is 2.76. The van der Waals surface area contributed by atoms with Gasteiger partial charge in [0, 0.05) is 36.0 Å². The molecule has 4 aliphatic carbocycles. The molecular weight excluding hydrogens is 678 g/mol. The van der Waals surface area contributed by atoms with Gasteiger partial charge >= 0.3 is 6.09 Å². The second-order valence-electron chi connectivity index (χ2n) is 14.5. The summed E-state index contributed by atoms with van der Waals surface area (Å²) in [4.78, 5) is 53.5. The molecule has 0 aromatic heterocycles. The first-order valence-electron chi connectivity index (χ1n) is 17.7. The topological polar surface area (TPSA) is 218 Å². The summed E-state index contributed by atoms with van der Waals surface area (Å²) in [5, 5.41) is 58.2. The van der Waals surface area contributed by atoms with Crippen LogP contribution in [0.25, 0.3) is 0 Å². The van der Waals surface area contributed by atoms with Gasteiger partial charge in [-0.05, 0) is 56.4 Å². The fourth-order valence-electron chi connectivity index (χ4n) is 8.66. The molecular formula is C38H43NO13. The number of hydrogen-bond acceptors (Lipinski definition) is 13. The van der Waals surface area contributed by atoms with Crippen molar-refractivity contribution in [3.63, 3.8) is 0 Å². The third-order valence-corrected chi connectivity index (χ3v) is 11.5. The monoisotopic (exact) mass is 721 g/mol. The number of phenolic OH excluding ortho intramolecular Hbond substituents is 2. The lowest BCUT2D eigenvalue weighted by molar-refractivity contribution is -0.249. The first-order valence-corrected chi connectivity index (χ1v) is 17.7. The van der Waals surface area contributed by atoms with Crippen LogP contribution in [0.15, 0.2) is 30.4 Å². The van der Waals surface area contributed by atoms with Crippen LogP contribution in [0, 0.1) is 17.8 Å². The first kappa shape index (κ1) is 36.0. The second-order valence-corrected chi connectivity index (χ2v) is 14.5. The highest BCUT2D eigenvalue weighted by atomic mass is 16.7. The van der Waals surface area contributed by atoms with Crippen molar-refractivity contribution < 1.29 is 63.7 Å². The fraction of sp³-hybridized carbons (Fsp3) is 0.526. The SMILES string of the molecule is COc1cccc2c1C(=O)c1c(O)c3c(c(O)c1C2=O)C[C@@](O)(C(=O)CO)C[C@@H]3O[C@H]1C[C@H](NC(=O)OCC2[C@H]3CC/C=C\CC[C@@H]23)[C@H](O)[C@H](C)O1. The molecule has 0 bridgehead atoms. The molecule has 14 heteroatoms. The number of carbonyl (C=O) groups excluding carboxylic acids is 4. The van der Waals surface area contributed by atoms with Crippen LogP contribution < -0.4 is 10.1 Å². The van der Waals surface area contributed by atoms with E-state index < -0.39 is 102 Å². The van der Waals surface area contributed by atoms with Gasteiger partial charge in [0.2, 0.25) is 5.78 Å². The second kappa shape index (κ2) is 13.9. The molecule has 1 unspecified atom stereocenters. The van der Waals surface area contributed by atoms with Gasteiger partial charge in [-0.2, -0.15) is 0 Å². The number of benzene rings is 2. The summed E-state index contributed by atoms with van der Waals surface area (Å²) in [5.74, 6) is -2.63. The first-order chi connectivity index (χ1) is 24.9. The number of ketones is 3. The summed E-state index contributed by atoms with van der Waals surface area (Å²) < 4.78 is 23.1. The number of alkyl carbamates (subject to hydrolysis) is 1. The van der Waals surface area contributed by atoms with E-state index in [0.29, 0.717) is 17.8 Å². The standard InChI is InChI=1S/C38H43NO13/c1-17-32(42)23(39-37(47)50-16-22-18-8-5-3-4-6-9-19(18)22)12-27(51-17)52-25-14-38(48,26(41)15-40)13-21-29(25)36(46)31-30(34(21)44)33(43)20-10-7-11-24(49-2)28(20)35(31)45/h3-4,7,10-11,17-19,22-23,25,27,32,40,42,44,46,48H,5-6,8-9,12-16H2,1-2H3,(H,39,47)/b4-3-/t17-,18-,19+,22?,23-,25-,27-,32+,38-/m0/s1. The van der Waals surface area contributed by atoms with Crippen molar-refractivity contribution in [3.05, 3.63) is 63.7 Å². The predicted molar refractivity (Wildman–Crippen MR) is 180 cm³/mol. The van der Waals surface area contributed by atoms with E-state index in [1.54, 1.807) is 6.92 Å². The van der Waals surface area contributed by atoms with Crippen molar-refractivity contribution in [2.45, 2.75) is 88.1 Å². The van der Waals surface area contributed by atoms with E-state index in [-0.39, 0.29) is 41.0 Å². The van der Waals surface area contributed by atoms with Crippen LogP contribution in [-0.2, 0) is 25.4 Å². The van der Waals surface area contributed by atoms with Crippen molar-refractivity contribution in [1.82, 2.24) is 5.32 Å². The molecule has 2 aromatic rings. The maximum absolute atomic E-state index is 13.9. The number of methoxy groups -OCH3 is 1. The van der Waals surface area contributed by atoms with Gasteiger partial charge in [-0.1, -0.05) is 24.3 Å². The molecule has 6 N–H and O–H groups in total. The Balaban J connectivity index is 1.15. The van der Waals surface area contributed by atoms with Crippen molar-refractivity contribution in [2.24, 2.45) is 17.8 Å². The molecule has 2 fully saturated rings. The van der Waals surface area contributed by atoms with Crippen molar-refractivity contribution in [3.8, 4) is 17.2 Å². The molecule has 2 aromatic carbocycles. The Morgan fingerprint density at radius 2 is 1.71 bits per heavy atom. The van der Waals surface area contributed by atoms with E-state index in [4.69, 9.17) is 18.9 Å². The number of rotatable bonds is 8. The largest absolute Gasteiger partial charge is 0.507 e. The number of aliphatic hydroxyl groups is 3. The molecule has 1 aliphatic heterocycles. The van der Waals surface area contributed by atoms with E-state index in [1.807, 2.05) is 0 Å². The Morgan fingerprint density at radius 3 is 2.38 bits per heavy atom. The molecule has 0 spiro atoms. The smallest absolute Gasteiger partial charge is 0.407 e. The number of aliphatic hydroxyl groups excluding tert-OH is 2. The molecule has 1 heterocycles. The van der Waals surface area contributed by atoms with Crippen molar-refractivity contribution in [1.29, 1.82) is 0 Å². The highest BCUT2D eigenvalue weighted by Gasteiger charge is 2.51. The van der Waals surface area contributed by atoms with Crippen LogP contribution in [0.1, 0.15) is 94.5 Å². The van der Waals surface area contributed by atoms with Crippen LogP contribution in [-0.4, -0.2) is 99.4 Å². The maximum atomic E-state index is 13.9. The summed E-state index contributed by atoms with van der Waals surface area (Å²) in [7, 11) is 1.32. The maximum Gasteiger partial charge on any atom is 0.407 e. The number of amides is 1. The normalized spacial score (nSPS) is 32.6. The lowest BCUT2D eigenvalue weighted by Gasteiger charge is -2.42. The number of aromatic hydroxyl groups is 2. The van der Waals surface area contributed by atoms with Gasteiger partial charge in [-0.25, -0.2) is 4.79 Å². The van der Waals surface area contributed by atoms with Gasteiger partial charge in [0.1, 0.15) is 35.6 Å². The molecule has 1 saturated carbocycles. The molecule has 1 amide bonds. The number of fused-ring (bicyclic) bond motifs is 4. The van der Waals surface area contributed by atoms with Crippen LogP contribution in [0.3, 0.4) is 0 Å². The Labute approximate surface area is 299 Å². The van der Waals surface area contributed by atoms with Gasteiger partial charge in [0.15, 0.2) is 17.9 Å². The Kier molecular flexibility index (Phi) is 9.63. The molecule has 5 aliphatic rings. The Hall–Kier alpha value is -4.34. The Bertz CT molecular complexity index is 1820. The number of carbonyl (C=O) groups is 4. The third-order valence-electron chi connectivity index (χ3n) is 11.5. The van der Waals surface area contributed by atoms with Gasteiger partial charge in [0.05, 0.1) is 48.7 Å². The highest BCUT2D eigenvalue weighted by molar-refractivity contribution is 6.31. The molecule has 7 rings (SSSR count). The number of nitrogens with one attached hydrogen (secondary N) is 1. The molecule has 14 nitrogen and oxygen atoms in total. The minimum Gasteiger partial charge on any atom is -0.507 e. The highest BCUT2D eigenvalue weighted by Crippen LogP contribution is 2.54. The average Bonchev–Trinajstić information content (AvgIpc) is 3.77. The minimum atomic E-state index is -2.32. The number of hydrogen-bond donors (Lipinski definition) is 6. The number of ether oxygens (including phenoxy) is 4. The zero-order valence-corrected chi connectivity index (χ0v) is 28.9. The lowest BCUT2D eigenvalue weighted by Crippen LogP contribution is -2.56. The van der Waals surface area contributed by atoms with E-state index in [0.717, 1.165) is 25.7 Å². The van der Waals surface area contributed by atoms with Crippen molar-refractivity contribution in [2.75, 3.05) is 20.3 Å². The lowest BCUT2D eigenvalue weighted by atomic mass is 9.72. The van der Waals surface area contributed by atoms with Crippen LogP contribution >= 0.6 is 0 Å². The van der Waals surface area contributed by atoms with Crippen LogP contribution in [0.4, 0.5) is 4.79 Å². The zero-order valence-electron chi connectivity index (χ0n) is 28.9. The molecule has 0 radical (unpaired) electrons. The van der Waals surface area contributed by atoms with Crippen LogP contribution in [0.2, 0.25) is 0 Å². The summed E-state index contributed by atoms with van der Waals surface area (Å²) in [5.41, 5.74) is -3.90. The van der Waals surface area contributed by atoms with Gasteiger partial charge in [0.25, 0.3) is 0 Å². The summed E-state index contributed by atoms with van der Waals surface area (Å²) in [6.45, 7) is 0.762. The summed E-state index contributed by atoms with van der Waals surface area (Å²) >= 11 is 0. The molecule has 1 saturated heterocycles. The van der Waals surface area contributed by atoms with Gasteiger partial charge in [-0.3, -0.25) is 14.4 Å². The summed E-state index contributed by atoms with van der Waals surface area (Å²) in [6.07, 6.45) is 1.80. The average molecular weight is 722 g/mol. The third kappa shape index (κ3) is 6.15. The minimum absolute atomic E-state index is 0.0734. The number of phenols is 2. The van der Waals surface area contributed by atoms with E-state index in [2.05, 4.69) is 17.5 Å². The van der Waals surface area contributed by atoms with E-state index in [9.17, 15) is 44.7 Å².